The Hall–Kier alpha value is -0.830. The van der Waals surface area contributed by atoms with Crippen LogP contribution in [0.25, 0.3) is 0 Å². The molecule has 0 spiro atoms. The molecule has 84 valence electrons. The summed E-state index contributed by atoms with van der Waals surface area (Å²) in [4.78, 5) is 0. The van der Waals surface area contributed by atoms with Crippen molar-refractivity contribution in [2.24, 2.45) is 5.92 Å². The molecule has 0 fully saturated rings. The van der Waals surface area contributed by atoms with Crippen LogP contribution in [0.4, 0.5) is 5.69 Å². The summed E-state index contributed by atoms with van der Waals surface area (Å²) >= 11 is 1.92. The van der Waals surface area contributed by atoms with Crippen LogP contribution in [0.3, 0.4) is 0 Å². The summed E-state index contributed by atoms with van der Waals surface area (Å²) in [5.74, 6) is 3.08. The first-order chi connectivity index (χ1) is 7.13. The van der Waals surface area contributed by atoms with E-state index < -0.39 is 0 Å². The van der Waals surface area contributed by atoms with Crippen molar-refractivity contribution in [1.29, 1.82) is 0 Å². The van der Waals surface area contributed by atoms with E-state index in [1.54, 1.807) is 6.07 Å². The Morgan fingerprint density at radius 3 is 2.80 bits per heavy atom. The standard InChI is InChI=1S/C12H19NOS/c1-3-9(2)7-15-8-10-4-5-12(14)11(13)6-10/h4-6,9,14H,3,7-8,13H2,1-2H3. The van der Waals surface area contributed by atoms with Gasteiger partial charge in [-0.1, -0.05) is 26.3 Å². The number of hydrogen-bond donors (Lipinski definition) is 2. The minimum Gasteiger partial charge on any atom is -0.506 e. The highest BCUT2D eigenvalue weighted by molar-refractivity contribution is 7.98. The highest BCUT2D eigenvalue weighted by Gasteiger charge is 2.01. The molecule has 0 heterocycles. The van der Waals surface area contributed by atoms with Crippen LogP contribution >= 0.6 is 11.8 Å². The fourth-order valence-electron chi connectivity index (χ4n) is 1.19. The van der Waals surface area contributed by atoms with Crippen molar-refractivity contribution >= 4 is 17.4 Å². The molecule has 3 heteroatoms. The van der Waals surface area contributed by atoms with E-state index in [9.17, 15) is 5.11 Å². The van der Waals surface area contributed by atoms with Gasteiger partial charge in [0.05, 0.1) is 5.69 Å². The number of rotatable bonds is 5. The largest absolute Gasteiger partial charge is 0.506 e. The van der Waals surface area contributed by atoms with Crippen LogP contribution in [0.15, 0.2) is 18.2 Å². The summed E-state index contributed by atoms with van der Waals surface area (Å²) in [6.07, 6.45) is 1.23. The van der Waals surface area contributed by atoms with Crippen LogP contribution in [-0.2, 0) is 5.75 Å². The van der Waals surface area contributed by atoms with E-state index in [-0.39, 0.29) is 5.75 Å². The molecule has 0 aliphatic rings. The van der Waals surface area contributed by atoms with Gasteiger partial charge in [0.1, 0.15) is 5.75 Å². The Morgan fingerprint density at radius 2 is 2.20 bits per heavy atom. The van der Waals surface area contributed by atoms with Crippen LogP contribution in [0.1, 0.15) is 25.8 Å². The maximum Gasteiger partial charge on any atom is 0.138 e. The van der Waals surface area contributed by atoms with Crippen molar-refractivity contribution in [1.82, 2.24) is 0 Å². The summed E-state index contributed by atoms with van der Waals surface area (Å²) < 4.78 is 0. The Bertz CT molecular complexity index is 314. The maximum atomic E-state index is 9.26. The van der Waals surface area contributed by atoms with Gasteiger partial charge in [-0.3, -0.25) is 0 Å². The lowest BCUT2D eigenvalue weighted by Crippen LogP contribution is -1.96. The van der Waals surface area contributed by atoms with E-state index in [1.165, 1.54) is 17.7 Å². The number of phenols is 1. The van der Waals surface area contributed by atoms with Crippen LogP contribution in [0.2, 0.25) is 0 Å². The predicted molar refractivity (Wildman–Crippen MR) is 68.1 cm³/mol. The molecule has 0 amide bonds. The molecule has 2 nitrogen and oxygen atoms in total. The van der Waals surface area contributed by atoms with Crippen molar-refractivity contribution in [2.45, 2.75) is 26.0 Å². The van der Waals surface area contributed by atoms with Crippen molar-refractivity contribution in [3.63, 3.8) is 0 Å². The first-order valence-electron chi connectivity index (χ1n) is 5.28. The lowest BCUT2D eigenvalue weighted by Gasteiger charge is -2.08. The minimum absolute atomic E-state index is 0.172. The summed E-state index contributed by atoms with van der Waals surface area (Å²) in [5, 5.41) is 9.26. The van der Waals surface area contributed by atoms with Gasteiger partial charge in [0.25, 0.3) is 0 Å². The number of aromatic hydroxyl groups is 1. The van der Waals surface area contributed by atoms with Gasteiger partial charge in [-0.15, -0.1) is 0 Å². The average molecular weight is 225 g/mol. The number of anilines is 1. The molecule has 1 aromatic rings. The van der Waals surface area contributed by atoms with Gasteiger partial charge < -0.3 is 10.8 Å². The molecule has 0 bridgehead atoms. The van der Waals surface area contributed by atoms with Crippen molar-refractivity contribution in [3.05, 3.63) is 23.8 Å². The first-order valence-corrected chi connectivity index (χ1v) is 6.44. The quantitative estimate of drug-likeness (QED) is 0.597. The summed E-state index contributed by atoms with van der Waals surface area (Å²) in [6.45, 7) is 4.47. The molecule has 1 aromatic carbocycles. The van der Waals surface area contributed by atoms with Crippen molar-refractivity contribution in [2.75, 3.05) is 11.5 Å². The molecule has 0 radical (unpaired) electrons. The molecule has 0 saturated heterocycles. The number of hydrogen-bond acceptors (Lipinski definition) is 3. The second-order valence-electron chi connectivity index (χ2n) is 3.92. The van der Waals surface area contributed by atoms with E-state index in [0.717, 1.165) is 11.7 Å². The molecule has 0 saturated carbocycles. The molecular formula is C12H19NOS. The van der Waals surface area contributed by atoms with Gasteiger partial charge >= 0.3 is 0 Å². The number of nitrogen functional groups attached to an aromatic ring is 1. The van der Waals surface area contributed by atoms with Gasteiger partial charge in [0.15, 0.2) is 0 Å². The summed E-state index contributed by atoms with van der Waals surface area (Å²) in [6, 6.07) is 5.43. The summed E-state index contributed by atoms with van der Waals surface area (Å²) in [7, 11) is 0. The van der Waals surface area contributed by atoms with Gasteiger partial charge in [0, 0.05) is 5.75 Å². The number of benzene rings is 1. The van der Waals surface area contributed by atoms with Gasteiger partial charge in [-0.25, -0.2) is 0 Å². The summed E-state index contributed by atoms with van der Waals surface area (Å²) in [5.41, 5.74) is 7.27. The molecule has 15 heavy (non-hydrogen) atoms. The fourth-order valence-corrected chi connectivity index (χ4v) is 2.36. The van der Waals surface area contributed by atoms with E-state index in [1.807, 2.05) is 23.9 Å². The zero-order valence-electron chi connectivity index (χ0n) is 9.36. The number of thioether (sulfide) groups is 1. The normalized spacial score (nSPS) is 12.7. The Kier molecular flexibility index (Phi) is 4.82. The zero-order chi connectivity index (χ0) is 11.3. The third kappa shape index (κ3) is 4.04. The molecule has 3 N–H and O–H groups in total. The second-order valence-corrected chi connectivity index (χ2v) is 4.95. The zero-order valence-corrected chi connectivity index (χ0v) is 10.2. The fraction of sp³-hybridized carbons (Fsp3) is 0.500. The molecule has 1 atom stereocenters. The average Bonchev–Trinajstić information content (AvgIpc) is 2.23. The van der Waals surface area contributed by atoms with Crippen LogP contribution < -0.4 is 5.73 Å². The Morgan fingerprint density at radius 1 is 1.47 bits per heavy atom. The molecule has 0 aromatic heterocycles. The smallest absolute Gasteiger partial charge is 0.138 e. The monoisotopic (exact) mass is 225 g/mol. The van der Waals surface area contributed by atoms with Crippen LogP contribution in [-0.4, -0.2) is 10.9 Å². The number of nitrogens with two attached hydrogens (primary N) is 1. The highest BCUT2D eigenvalue weighted by atomic mass is 32.2. The lowest BCUT2D eigenvalue weighted by molar-refractivity contribution is 0.478. The van der Waals surface area contributed by atoms with E-state index in [0.29, 0.717) is 5.69 Å². The topological polar surface area (TPSA) is 46.2 Å². The van der Waals surface area contributed by atoms with Crippen LogP contribution in [0, 0.1) is 5.92 Å². The molecule has 1 unspecified atom stereocenters. The van der Waals surface area contributed by atoms with Crippen molar-refractivity contribution in [3.8, 4) is 5.75 Å². The van der Waals surface area contributed by atoms with E-state index in [4.69, 9.17) is 5.73 Å². The lowest BCUT2D eigenvalue weighted by atomic mass is 10.2. The van der Waals surface area contributed by atoms with Crippen molar-refractivity contribution < 1.29 is 5.11 Å². The van der Waals surface area contributed by atoms with E-state index in [2.05, 4.69) is 13.8 Å². The first kappa shape index (κ1) is 12.2. The molecule has 0 aliphatic heterocycles. The Labute approximate surface area is 95.9 Å². The predicted octanol–water partition coefficient (Wildman–Crippen LogP) is 3.25. The number of phenolic OH excluding ortho intramolecular Hbond substituents is 1. The van der Waals surface area contributed by atoms with Gasteiger partial charge in [-0.05, 0) is 29.4 Å². The Balaban J connectivity index is 2.41. The maximum absolute atomic E-state index is 9.26. The highest BCUT2D eigenvalue weighted by Crippen LogP contribution is 2.24. The van der Waals surface area contributed by atoms with E-state index >= 15 is 0 Å². The van der Waals surface area contributed by atoms with Gasteiger partial charge in [0.2, 0.25) is 0 Å². The second kappa shape index (κ2) is 5.91. The van der Waals surface area contributed by atoms with Crippen LogP contribution in [0.5, 0.6) is 5.75 Å². The molecule has 0 aliphatic carbocycles. The third-order valence-corrected chi connectivity index (χ3v) is 3.80. The minimum atomic E-state index is 0.172. The van der Waals surface area contributed by atoms with Gasteiger partial charge in [-0.2, -0.15) is 11.8 Å². The molecular weight excluding hydrogens is 206 g/mol. The SMILES string of the molecule is CCC(C)CSCc1ccc(O)c(N)c1. The third-order valence-electron chi connectivity index (χ3n) is 2.46. The molecule has 1 rings (SSSR count).